The largest absolute Gasteiger partial charge is 0.383 e. The zero-order valence-corrected chi connectivity index (χ0v) is 15.9. The number of morpholine rings is 1. The third-order valence-corrected chi connectivity index (χ3v) is 5.37. The van der Waals surface area contributed by atoms with Crippen molar-refractivity contribution in [3.05, 3.63) is 65.9 Å². The van der Waals surface area contributed by atoms with E-state index in [0.717, 1.165) is 48.8 Å². The van der Waals surface area contributed by atoms with E-state index in [1.807, 2.05) is 41.9 Å². The lowest BCUT2D eigenvalue weighted by molar-refractivity contribution is 0.0198. The SMILES string of the molecule is Cc1nn(-c2ccccc2)c(N)c1-c1ccc([C@@H](C)N2CCOCC2)cc1. The second-order valence-corrected chi connectivity index (χ2v) is 7.04. The summed E-state index contributed by atoms with van der Waals surface area (Å²) in [4.78, 5) is 2.46. The summed E-state index contributed by atoms with van der Waals surface area (Å²) in [6.07, 6.45) is 0. The highest BCUT2D eigenvalue weighted by atomic mass is 16.5. The fourth-order valence-corrected chi connectivity index (χ4v) is 3.77. The number of ether oxygens (including phenoxy) is 1. The molecule has 0 bridgehead atoms. The van der Waals surface area contributed by atoms with E-state index in [2.05, 4.69) is 41.2 Å². The summed E-state index contributed by atoms with van der Waals surface area (Å²) in [5.74, 6) is 0.674. The van der Waals surface area contributed by atoms with Gasteiger partial charge in [-0.3, -0.25) is 4.90 Å². The van der Waals surface area contributed by atoms with Crippen molar-refractivity contribution in [1.82, 2.24) is 14.7 Å². The van der Waals surface area contributed by atoms with Gasteiger partial charge in [0.2, 0.25) is 0 Å². The molecule has 27 heavy (non-hydrogen) atoms. The summed E-state index contributed by atoms with van der Waals surface area (Å²) in [6, 6.07) is 19.1. The van der Waals surface area contributed by atoms with Gasteiger partial charge in [-0.25, -0.2) is 4.68 Å². The molecule has 2 N–H and O–H groups in total. The van der Waals surface area contributed by atoms with Gasteiger partial charge in [0, 0.05) is 24.7 Å². The average Bonchev–Trinajstić information content (AvgIpc) is 3.03. The van der Waals surface area contributed by atoms with Gasteiger partial charge in [0.25, 0.3) is 0 Å². The van der Waals surface area contributed by atoms with Gasteiger partial charge in [0.05, 0.1) is 24.6 Å². The van der Waals surface area contributed by atoms with Crippen molar-refractivity contribution in [3.8, 4) is 16.8 Å². The van der Waals surface area contributed by atoms with E-state index >= 15 is 0 Å². The molecule has 0 radical (unpaired) electrons. The number of rotatable bonds is 4. The van der Waals surface area contributed by atoms with Crippen molar-refractivity contribution in [2.45, 2.75) is 19.9 Å². The molecule has 1 fully saturated rings. The fourth-order valence-electron chi connectivity index (χ4n) is 3.77. The molecule has 1 atom stereocenters. The number of para-hydroxylation sites is 1. The lowest BCUT2D eigenvalue weighted by Gasteiger charge is -2.32. The lowest BCUT2D eigenvalue weighted by atomic mass is 10.0. The Kier molecular flexibility index (Phi) is 4.97. The van der Waals surface area contributed by atoms with E-state index in [4.69, 9.17) is 10.5 Å². The number of aryl methyl sites for hydroxylation is 1. The average molecular weight is 362 g/mol. The molecule has 1 saturated heterocycles. The minimum atomic E-state index is 0.383. The highest BCUT2D eigenvalue weighted by Crippen LogP contribution is 2.32. The van der Waals surface area contributed by atoms with Crippen LogP contribution in [-0.4, -0.2) is 41.0 Å². The van der Waals surface area contributed by atoms with Crippen LogP contribution in [0, 0.1) is 6.92 Å². The molecule has 1 aliphatic heterocycles. The maximum absolute atomic E-state index is 6.46. The molecule has 0 spiro atoms. The monoisotopic (exact) mass is 362 g/mol. The quantitative estimate of drug-likeness (QED) is 0.766. The minimum absolute atomic E-state index is 0.383. The molecule has 2 aromatic carbocycles. The molecule has 0 unspecified atom stereocenters. The van der Waals surface area contributed by atoms with E-state index < -0.39 is 0 Å². The Morgan fingerprint density at radius 3 is 2.33 bits per heavy atom. The number of nitrogens with zero attached hydrogens (tertiary/aromatic N) is 3. The fraction of sp³-hybridized carbons (Fsp3) is 0.318. The van der Waals surface area contributed by atoms with Gasteiger partial charge in [0.1, 0.15) is 5.82 Å². The number of aromatic nitrogens is 2. The number of hydrogen-bond acceptors (Lipinski definition) is 4. The third-order valence-electron chi connectivity index (χ3n) is 5.37. The van der Waals surface area contributed by atoms with Crippen molar-refractivity contribution >= 4 is 5.82 Å². The Morgan fingerprint density at radius 1 is 1.00 bits per heavy atom. The normalized spacial score (nSPS) is 16.4. The lowest BCUT2D eigenvalue weighted by Crippen LogP contribution is -2.37. The summed E-state index contributed by atoms with van der Waals surface area (Å²) in [5.41, 5.74) is 11.8. The summed E-state index contributed by atoms with van der Waals surface area (Å²) >= 11 is 0. The van der Waals surface area contributed by atoms with E-state index in [1.165, 1.54) is 5.56 Å². The number of nitrogens with two attached hydrogens (primary N) is 1. The molecule has 4 rings (SSSR count). The predicted octanol–water partition coefficient (Wildman–Crippen LogP) is 3.82. The summed E-state index contributed by atoms with van der Waals surface area (Å²) in [5, 5.41) is 4.66. The van der Waals surface area contributed by atoms with Crippen molar-refractivity contribution in [1.29, 1.82) is 0 Å². The summed E-state index contributed by atoms with van der Waals surface area (Å²) in [7, 11) is 0. The highest BCUT2D eigenvalue weighted by Gasteiger charge is 2.19. The molecule has 5 heteroatoms. The van der Waals surface area contributed by atoms with E-state index in [9.17, 15) is 0 Å². The number of hydrogen-bond donors (Lipinski definition) is 1. The second kappa shape index (κ2) is 7.55. The summed E-state index contributed by atoms with van der Waals surface area (Å²) < 4.78 is 7.28. The first-order chi connectivity index (χ1) is 13.1. The molecular weight excluding hydrogens is 336 g/mol. The molecule has 0 saturated carbocycles. The molecule has 0 amide bonds. The molecule has 1 aromatic heterocycles. The van der Waals surface area contributed by atoms with Crippen LogP contribution < -0.4 is 5.73 Å². The number of nitrogen functional groups attached to an aromatic ring is 1. The predicted molar refractivity (Wildman–Crippen MR) is 109 cm³/mol. The Balaban J connectivity index is 1.62. The van der Waals surface area contributed by atoms with Crippen LogP contribution in [0.4, 0.5) is 5.82 Å². The topological polar surface area (TPSA) is 56.3 Å². The van der Waals surface area contributed by atoms with Gasteiger partial charge in [0.15, 0.2) is 0 Å². The van der Waals surface area contributed by atoms with Crippen molar-refractivity contribution in [2.75, 3.05) is 32.0 Å². The molecule has 5 nitrogen and oxygen atoms in total. The van der Waals surface area contributed by atoms with E-state index in [-0.39, 0.29) is 0 Å². The smallest absolute Gasteiger partial charge is 0.135 e. The molecule has 140 valence electrons. The van der Waals surface area contributed by atoms with Gasteiger partial charge in [-0.15, -0.1) is 0 Å². The molecule has 1 aliphatic rings. The van der Waals surface area contributed by atoms with Crippen molar-refractivity contribution in [3.63, 3.8) is 0 Å². The van der Waals surface area contributed by atoms with Crippen LogP contribution in [0.3, 0.4) is 0 Å². The molecule has 0 aliphatic carbocycles. The van der Waals surface area contributed by atoms with Crippen LogP contribution in [0.1, 0.15) is 24.2 Å². The first-order valence-corrected chi connectivity index (χ1v) is 9.48. The van der Waals surface area contributed by atoms with Crippen LogP contribution in [0.15, 0.2) is 54.6 Å². The standard InChI is InChI=1S/C22H26N4O/c1-16-21(22(23)26(24-16)20-6-4-3-5-7-20)19-10-8-18(9-11-19)17(2)25-12-14-27-15-13-25/h3-11,17H,12-15,23H2,1-2H3/t17-/m1/s1. The second-order valence-electron chi connectivity index (χ2n) is 7.04. The van der Waals surface area contributed by atoms with Gasteiger partial charge in [-0.05, 0) is 37.1 Å². The Morgan fingerprint density at radius 2 is 1.67 bits per heavy atom. The zero-order valence-electron chi connectivity index (χ0n) is 15.9. The highest BCUT2D eigenvalue weighted by molar-refractivity contribution is 5.77. The maximum Gasteiger partial charge on any atom is 0.135 e. The third kappa shape index (κ3) is 3.48. The Labute approximate surface area is 160 Å². The molecule has 3 aromatic rings. The van der Waals surface area contributed by atoms with E-state index in [1.54, 1.807) is 0 Å². The van der Waals surface area contributed by atoms with Gasteiger partial charge in [-0.1, -0.05) is 42.5 Å². The first-order valence-electron chi connectivity index (χ1n) is 9.48. The van der Waals surface area contributed by atoms with Crippen LogP contribution in [0.25, 0.3) is 16.8 Å². The molecular formula is C22H26N4O. The summed E-state index contributed by atoms with van der Waals surface area (Å²) in [6.45, 7) is 7.87. The Bertz CT molecular complexity index is 896. The Hall–Kier alpha value is -2.63. The number of anilines is 1. The van der Waals surface area contributed by atoms with Gasteiger partial charge < -0.3 is 10.5 Å². The van der Waals surface area contributed by atoms with Crippen LogP contribution in [0.5, 0.6) is 0 Å². The van der Waals surface area contributed by atoms with Crippen LogP contribution >= 0.6 is 0 Å². The number of benzene rings is 2. The zero-order chi connectivity index (χ0) is 18.8. The first kappa shape index (κ1) is 17.8. The van der Waals surface area contributed by atoms with Crippen molar-refractivity contribution < 1.29 is 4.74 Å². The van der Waals surface area contributed by atoms with Crippen LogP contribution in [-0.2, 0) is 4.74 Å². The van der Waals surface area contributed by atoms with Crippen molar-refractivity contribution in [2.24, 2.45) is 0 Å². The maximum atomic E-state index is 6.46. The molecule has 2 heterocycles. The van der Waals surface area contributed by atoms with Gasteiger partial charge >= 0.3 is 0 Å². The van der Waals surface area contributed by atoms with Gasteiger partial charge in [-0.2, -0.15) is 5.10 Å². The van der Waals surface area contributed by atoms with Crippen LogP contribution in [0.2, 0.25) is 0 Å². The van der Waals surface area contributed by atoms with E-state index in [0.29, 0.717) is 11.9 Å². The minimum Gasteiger partial charge on any atom is -0.383 e.